The van der Waals surface area contributed by atoms with E-state index in [1.54, 1.807) is 16.7 Å². The van der Waals surface area contributed by atoms with Gasteiger partial charge >= 0.3 is 0 Å². The van der Waals surface area contributed by atoms with E-state index >= 15 is 0 Å². The van der Waals surface area contributed by atoms with Gasteiger partial charge in [0.15, 0.2) is 0 Å². The fraction of sp³-hybridized carbons (Fsp3) is 0.0741. The minimum Gasteiger partial charge on any atom is -0.310 e. The zero-order chi connectivity index (χ0) is 82.9. The standard InChI is InChI=1S/C108H80BN3/c1-107(2,3)81-64-91(71-33-15-9-16-34-71)106(92(65-81)72-35-17-10-18-36-72)112-99-68-83(110-96-50-24-23-45-86(96)93-62-79(55-59-97(93)110)70-31-13-8-14-32-70)57-58-94(99)109-95-63-80(78-42-25-41-77(61-78)69-29-11-7-12-30-69)56-60-98(95)111(100-66-82(108(4,5)6)67-101(112)104(100)109)105-89(87-46-26-39-75-53-51-73-37-19-21-43-84(73)102(75)87)48-28-49-90(105)88-47-27-40-76-54-52-74-38-20-22-44-85(74)103(76)88/h7-68H,1-6H3/i23D,24D,45D,50D,55D,59D,62D,66D,67D. The van der Waals surface area contributed by atoms with Crippen LogP contribution in [0.2, 0.25) is 0 Å². The summed E-state index contributed by atoms with van der Waals surface area (Å²) in [7, 11) is 0. The van der Waals surface area contributed by atoms with Crippen molar-refractivity contribution in [3.63, 3.8) is 0 Å². The Kier molecular flexibility index (Phi) is 13.4. The largest absolute Gasteiger partial charge is 0.310 e. The average Bonchev–Trinajstić information content (AvgIpc) is 1.69. The minimum atomic E-state index is -0.897. The van der Waals surface area contributed by atoms with Crippen molar-refractivity contribution >= 4 is 122 Å². The molecule has 0 atom stereocenters. The van der Waals surface area contributed by atoms with E-state index in [0.29, 0.717) is 33.9 Å². The molecule has 3 heterocycles. The fourth-order valence-electron chi connectivity index (χ4n) is 17.8. The highest BCUT2D eigenvalue weighted by molar-refractivity contribution is 7.00. The average molecular weight is 1440 g/mol. The molecule has 4 heteroatoms. The molecule has 0 radical (unpaired) electrons. The molecular weight excluding hydrogens is 1350 g/mol. The molecule has 0 spiro atoms. The molecule has 0 fully saturated rings. The SMILES string of the molecule is [2H]c1c2c3c(c([2H])c1C(C)(C)C)N(c1c(-c4cccc5ccc6ccccc6c45)cccc1-c1cccc4ccc5ccccc5c14)c1ccc(-c4cccc(-c5ccccc5)c4)cc1B3c1ccc(-n3c4c([2H])c([2H])c([2H])c([2H])c4c4c([2H])c(-c5ccccc5)c([2H])c([2H])c43)cc1N2c1c(-c2ccccc2)cc(C(C)(C)C)cc1-c1ccccc1. The summed E-state index contributed by atoms with van der Waals surface area (Å²) in [5.74, 6) is 0. The summed E-state index contributed by atoms with van der Waals surface area (Å²) >= 11 is 0. The molecule has 0 bridgehead atoms. The quantitative estimate of drug-likeness (QED) is 0.0999. The van der Waals surface area contributed by atoms with Gasteiger partial charge in [-0.1, -0.05) is 351 Å². The van der Waals surface area contributed by atoms with E-state index in [1.165, 1.54) is 0 Å². The first-order chi connectivity index (χ1) is 58.6. The van der Waals surface area contributed by atoms with E-state index in [1.807, 2.05) is 42.5 Å². The monoisotopic (exact) mass is 1440 g/mol. The molecule has 18 aromatic carbocycles. The number of aromatic nitrogens is 1. The van der Waals surface area contributed by atoms with Crippen LogP contribution < -0.4 is 26.2 Å². The highest BCUT2D eigenvalue weighted by Crippen LogP contribution is 2.56. The van der Waals surface area contributed by atoms with Gasteiger partial charge in [0, 0.05) is 61.5 Å². The molecule has 2 aliphatic rings. The molecule has 3 nitrogen and oxygen atoms in total. The second-order valence-corrected chi connectivity index (χ2v) is 31.9. The smallest absolute Gasteiger partial charge is 0.252 e. The van der Waals surface area contributed by atoms with Crippen LogP contribution in [-0.4, -0.2) is 11.3 Å². The molecule has 530 valence electrons. The van der Waals surface area contributed by atoms with Crippen molar-refractivity contribution in [3.8, 4) is 83.6 Å². The zero-order valence-electron chi connectivity index (χ0n) is 72.0. The van der Waals surface area contributed by atoms with Gasteiger partial charge in [-0.3, -0.25) is 0 Å². The second-order valence-electron chi connectivity index (χ2n) is 31.9. The summed E-state index contributed by atoms with van der Waals surface area (Å²) in [6, 6.07) is 111. The van der Waals surface area contributed by atoms with Crippen molar-refractivity contribution < 1.29 is 12.3 Å². The number of hydrogen-bond donors (Lipinski definition) is 0. The maximum atomic E-state index is 11.9. The third-order valence-electron chi connectivity index (χ3n) is 23.2. The summed E-state index contributed by atoms with van der Waals surface area (Å²) in [4.78, 5) is 4.71. The van der Waals surface area contributed by atoms with Gasteiger partial charge < -0.3 is 14.4 Å². The summed E-state index contributed by atoms with van der Waals surface area (Å²) < 4.78 is 95.1. The Hall–Kier alpha value is -13.5. The first-order valence-corrected chi connectivity index (χ1v) is 38.7. The summed E-state index contributed by atoms with van der Waals surface area (Å²) in [5.41, 5.74) is 19.4. The van der Waals surface area contributed by atoms with Gasteiger partial charge in [0.05, 0.1) is 34.7 Å². The number of anilines is 6. The van der Waals surface area contributed by atoms with Gasteiger partial charge in [-0.2, -0.15) is 0 Å². The van der Waals surface area contributed by atoms with Crippen LogP contribution in [0.15, 0.2) is 376 Å². The predicted molar refractivity (Wildman–Crippen MR) is 480 cm³/mol. The van der Waals surface area contributed by atoms with Crippen molar-refractivity contribution in [2.75, 3.05) is 9.80 Å². The van der Waals surface area contributed by atoms with Crippen molar-refractivity contribution in [1.29, 1.82) is 0 Å². The maximum absolute atomic E-state index is 11.9. The Balaban J connectivity index is 0.975. The van der Waals surface area contributed by atoms with Gasteiger partial charge in [0.1, 0.15) is 0 Å². The number of nitrogens with zero attached hydrogens (tertiary/aromatic N) is 3. The van der Waals surface area contributed by atoms with Crippen LogP contribution in [0.1, 0.15) is 65.0 Å². The van der Waals surface area contributed by atoms with E-state index in [4.69, 9.17) is 0 Å². The molecule has 0 amide bonds. The van der Waals surface area contributed by atoms with Crippen LogP contribution in [0.3, 0.4) is 0 Å². The number of fused-ring (bicyclic) bond motifs is 13. The van der Waals surface area contributed by atoms with Gasteiger partial charge in [-0.15, -0.1) is 0 Å². The molecule has 0 aliphatic carbocycles. The maximum Gasteiger partial charge on any atom is 0.252 e. The van der Waals surface area contributed by atoms with E-state index in [0.717, 1.165) is 149 Å². The van der Waals surface area contributed by atoms with Crippen molar-refractivity contribution in [2.45, 2.75) is 52.4 Å². The van der Waals surface area contributed by atoms with Crippen LogP contribution in [0.4, 0.5) is 34.1 Å². The number of para-hydroxylation sites is 2. The first-order valence-electron chi connectivity index (χ1n) is 43.2. The Bertz CT molecular complexity index is 7410. The summed E-state index contributed by atoms with van der Waals surface area (Å²) in [6.45, 7) is 12.3. The van der Waals surface area contributed by atoms with Crippen LogP contribution in [0.25, 0.3) is 148 Å². The Morgan fingerprint density at radius 1 is 0.277 bits per heavy atom. The van der Waals surface area contributed by atoms with Gasteiger partial charge in [-0.05, 0) is 204 Å². The molecule has 0 saturated heterocycles. The predicted octanol–water partition coefficient (Wildman–Crippen LogP) is 27.7. The highest BCUT2D eigenvalue weighted by Gasteiger charge is 2.47. The van der Waals surface area contributed by atoms with Crippen LogP contribution in [-0.2, 0) is 10.8 Å². The van der Waals surface area contributed by atoms with E-state index in [-0.39, 0.29) is 69.7 Å². The lowest BCUT2D eigenvalue weighted by Gasteiger charge is -2.46. The van der Waals surface area contributed by atoms with Crippen molar-refractivity contribution in [3.05, 3.63) is 387 Å². The first kappa shape index (κ1) is 57.6. The normalized spacial score (nSPS) is 13.8. The molecule has 19 aromatic rings. The summed E-state index contributed by atoms with van der Waals surface area (Å²) in [6.07, 6.45) is 0. The van der Waals surface area contributed by atoms with E-state index in [2.05, 4.69) is 318 Å². The Labute approximate surface area is 668 Å². The van der Waals surface area contributed by atoms with Crippen molar-refractivity contribution in [2.24, 2.45) is 0 Å². The number of hydrogen-bond acceptors (Lipinski definition) is 2. The van der Waals surface area contributed by atoms with Gasteiger partial charge in [-0.25, -0.2) is 0 Å². The molecule has 21 rings (SSSR count). The highest BCUT2D eigenvalue weighted by atomic mass is 15.2. The fourth-order valence-corrected chi connectivity index (χ4v) is 17.8. The minimum absolute atomic E-state index is 0.0472. The molecular formula is C108H80BN3. The third-order valence-corrected chi connectivity index (χ3v) is 23.2. The number of rotatable bonds is 10. The molecule has 0 unspecified atom stereocenters. The Morgan fingerprint density at radius 3 is 1.32 bits per heavy atom. The second kappa shape index (κ2) is 26.1. The summed E-state index contributed by atoms with van der Waals surface area (Å²) in [5, 5.41) is 8.88. The number of benzene rings is 18. The van der Waals surface area contributed by atoms with E-state index < -0.39 is 29.6 Å². The third kappa shape index (κ3) is 10.9. The topological polar surface area (TPSA) is 11.4 Å². The molecule has 0 N–H and O–H groups in total. The molecule has 1 aromatic heterocycles. The molecule has 2 aliphatic heterocycles. The lowest BCUT2D eigenvalue weighted by molar-refractivity contribution is 0.590. The van der Waals surface area contributed by atoms with Crippen LogP contribution >= 0.6 is 0 Å². The lowest BCUT2D eigenvalue weighted by atomic mass is 9.33. The lowest BCUT2D eigenvalue weighted by Crippen LogP contribution is -2.61. The van der Waals surface area contributed by atoms with Gasteiger partial charge in [0.2, 0.25) is 0 Å². The molecule has 0 saturated carbocycles. The molecule has 112 heavy (non-hydrogen) atoms. The van der Waals surface area contributed by atoms with Crippen molar-refractivity contribution in [1.82, 2.24) is 4.57 Å². The zero-order valence-corrected chi connectivity index (χ0v) is 63.0. The van der Waals surface area contributed by atoms with Crippen LogP contribution in [0, 0.1) is 0 Å². The Morgan fingerprint density at radius 2 is 0.732 bits per heavy atom. The van der Waals surface area contributed by atoms with E-state index in [9.17, 15) is 12.3 Å². The van der Waals surface area contributed by atoms with Gasteiger partial charge in [0.25, 0.3) is 6.71 Å². The van der Waals surface area contributed by atoms with Crippen LogP contribution in [0.5, 0.6) is 0 Å².